The van der Waals surface area contributed by atoms with Crippen LogP contribution in [-0.4, -0.2) is 25.8 Å². The number of urea groups is 1. The number of hydrogen-bond acceptors (Lipinski definition) is 4. The Labute approximate surface area is 157 Å². The first kappa shape index (κ1) is 16.9. The Morgan fingerprint density at radius 3 is 2.67 bits per heavy atom. The molecule has 0 saturated heterocycles. The molecule has 134 valence electrons. The molecular weight excluding hydrogens is 371 g/mol. The fraction of sp³-hybridized carbons (Fsp3) is 0. The van der Waals surface area contributed by atoms with Crippen LogP contribution >= 0.6 is 11.6 Å². The van der Waals surface area contributed by atoms with Crippen molar-refractivity contribution in [2.45, 2.75) is 0 Å². The molecule has 2 heterocycles. The normalized spacial score (nSPS) is 10.7. The number of fused-ring (bicyclic) bond motifs is 1. The number of anilines is 2. The van der Waals surface area contributed by atoms with Crippen LogP contribution in [0.3, 0.4) is 0 Å². The summed E-state index contributed by atoms with van der Waals surface area (Å²) in [7, 11) is 0. The fourth-order valence-electron chi connectivity index (χ4n) is 2.51. The number of amides is 2. The molecule has 2 aromatic heterocycles. The Kier molecular flexibility index (Phi) is 4.39. The Bertz CT molecular complexity index is 1150. The highest BCUT2D eigenvalue weighted by Crippen LogP contribution is 2.22. The van der Waals surface area contributed by atoms with E-state index < -0.39 is 11.8 Å². The third kappa shape index (κ3) is 3.70. The van der Waals surface area contributed by atoms with Crippen molar-refractivity contribution >= 4 is 34.7 Å². The van der Waals surface area contributed by atoms with Gasteiger partial charge >= 0.3 is 6.03 Å². The SMILES string of the molecule is O=C(Nc1cccc(-c2ccc3nncn3n2)c1)Nc1ccc(F)c(Cl)c1. The van der Waals surface area contributed by atoms with Crippen molar-refractivity contribution in [3.63, 3.8) is 0 Å². The highest BCUT2D eigenvalue weighted by molar-refractivity contribution is 6.31. The predicted molar refractivity (Wildman–Crippen MR) is 100 cm³/mol. The van der Waals surface area contributed by atoms with E-state index in [0.717, 1.165) is 5.56 Å². The van der Waals surface area contributed by atoms with Crippen molar-refractivity contribution in [1.29, 1.82) is 0 Å². The van der Waals surface area contributed by atoms with E-state index in [1.165, 1.54) is 24.5 Å². The number of halogens is 2. The molecule has 4 rings (SSSR count). The van der Waals surface area contributed by atoms with E-state index in [-0.39, 0.29) is 5.02 Å². The third-order valence-corrected chi connectivity index (χ3v) is 4.04. The zero-order valence-electron chi connectivity index (χ0n) is 13.7. The van der Waals surface area contributed by atoms with Crippen LogP contribution in [0.1, 0.15) is 0 Å². The lowest BCUT2D eigenvalue weighted by atomic mass is 10.1. The van der Waals surface area contributed by atoms with Crippen LogP contribution in [0.15, 0.2) is 60.9 Å². The number of carbonyl (C=O) groups excluding carboxylic acids is 1. The van der Waals surface area contributed by atoms with Crippen molar-refractivity contribution in [3.8, 4) is 11.3 Å². The molecular formula is C18H12ClFN6O. The average molecular weight is 383 g/mol. The van der Waals surface area contributed by atoms with Crippen molar-refractivity contribution in [2.24, 2.45) is 0 Å². The van der Waals surface area contributed by atoms with Gasteiger partial charge in [-0.1, -0.05) is 23.7 Å². The largest absolute Gasteiger partial charge is 0.323 e. The van der Waals surface area contributed by atoms with Gasteiger partial charge in [-0.25, -0.2) is 9.18 Å². The van der Waals surface area contributed by atoms with Gasteiger partial charge < -0.3 is 10.6 Å². The summed E-state index contributed by atoms with van der Waals surface area (Å²) in [5.74, 6) is -0.548. The highest BCUT2D eigenvalue weighted by atomic mass is 35.5. The maximum absolute atomic E-state index is 13.2. The number of carbonyl (C=O) groups is 1. The topological polar surface area (TPSA) is 84.2 Å². The second-order valence-electron chi connectivity index (χ2n) is 5.64. The predicted octanol–water partition coefficient (Wildman–Crippen LogP) is 4.23. The van der Waals surface area contributed by atoms with E-state index in [9.17, 15) is 9.18 Å². The summed E-state index contributed by atoms with van der Waals surface area (Å²) in [6.45, 7) is 0. The molecule has 2 amide bonds. The van der Waals surface area contributed by atoms with Gasteiger partial charge in [0.25, 0.3) is 0 Å². The van der Waals surface area contributed by atoms with Crippen LogP contribution in [-0.2, 0) is 0 Å². The summed E-state index contributed by atoms with van der Waals surface area (Å²) in [4.78, 5) is 12.2. The lowest BCUT2D eigenvalue weighted by Crippen LogP contribution is -2.19. The first-order valence-corrected chi connectivity index (χ1v) is 8.27. The number of nitrogens with one attached hydrogen (secondary N) is 2. The molecule has 9 heteroatoms. The third-order valence-electron chi connectivity index (χ3n) is 3.76. The number of aromatic nitrogens is 4. The van der Waals surface area contributed by atoms with Gasteiger partial charge in [-0.15, -0.1) is 10.2 Å². The Morgan fingerprint density at radius 1 is 1.04 bits per heavy atom. The zero-order valence-corrected chi connectivity index (χ0v) is 14.5. The average Bonchev–Trinajstić information content (AvgIpc) is 3.12. The minimum Gasteiger partial charge on any atom is -0.308 e. The first-order chi connectivity index (χ1) is 13.1. The second-order valence-corrected chi connectivity index (χ2v) is 6.05. The molecule has 7 nitrogen and oxygen atoms in total. The minimum absolute atomic E-state index is 0.0646. The van der Waals surface area contributed by atoms with Crippen molar-refractivity contribution in [2.75, 3.05) is 10.6 Å². The molecule has 2 N–H and O–H groups in total. The number of hydrogen-bond donors (Lipinski definition) is 2. The van der Waals surface area contributed by atoms with Gasteiger partial charge in [0.1, 0.15) is 12.1 Å². The van der Waals surface area contributed by atoms with Gasteiger partial charge in [-0.2, -0.15) is 9.61 Å². The lowest BCUT2D eigenvalue weighted by Gasteiger charge is -2.09. The molecule has 0 atom stereocenters. The number of nitrogens with zero attached hydrogens (tertiary/aromatic N) is 4. The molecule has 0 aliphatic heterocycles. The lowest BCUT2D eigenvalue weighted by molar-refractivity contribution is 0.262. The van der Waals surface area contributed by atoms with Gasteiger partial charge in [0.15, 0.2) is 5.65 Å². The quantitative estimate of drug-likeness (QED) is 0.555. The molecule has 0 aliphatic rings. The summed E-state index contributed by atoms with van der Waals surface area (Å²) in [6.07, 6.45) is 1.52. The Hall–Kier alpha value is -3.52. The van der Waals surface area contributed by atoms with Crippen LogP contribution in [0.5, 0.6) is 0 Å². The summed E-state index contributed by atoms with van der Waals surface area (Å²) >= 11 is 5.71. The zero-order chi connectivity index (χ0) is 18.8. The van der Waals surface area contributed by atoms with E-state index in [2.05, 4.69) is 25.9 Å². The molecule has 0 unspecified atom stereocenters. The van der Waals surface area contributed by atoms with Gasteiger partial charge in [0, 0.05) is 16.9 Å². The molecule has 0 bridgehead atoms. The van der Waals surface area contributed by atoms with Crippen LogP contribution in [0, 0.1) is 5.82 Å². The molecule has 0 spiro atoms. The maximum Gasteiger partial charge on any atom is 0.323 e. The molecule has 2 aromatic carbocycles. The molecule has 0 fully saturated rings. The van der Waals surface area contributed by atoms with Crippen LogP contribution in [0.25, 0.3) is 16.9 Å². The number of benzene rings is 2. The van der Waals surface area contributed by atoms with Crippen molar-refractivity contribution in [1.82, 2.24) is 19.8 Å². The first-order valence-electron chi connectivity index (χ1n) is 7.89. The monoisotopic (exact) mass is 382 g/mol. The molecule has 0 saturated carbocycles. The summed E-state index contributed by atoms with van der Waals surface area (Å²) in [5, 5.41) is 17.4. The number of rotatable bonds is 3. The maximum atomic E-state index is 13.2. The van der Waals surface area contributed by atoms with E-state index >= 15 is 0 Å². The highest BCUT2D eigenvalue weighted by Gasteiger charge is 2.08. The molecule has 27 heavy (non-hydrogen) atoms. The van der Waals surface area contributed by atoms with E-state index in [1.807, 2.05) is 12.1 Å². The van der Waals surface area contributed by atoms with Gasteiger partial charge in [-0.05, 0) is 42.5 Å². The molecule has 0 radical (unpaired) electrons. The van der Waals surface area contributed by atoms with Crippen molar-refractivity contribution < 1.29 is 9.18 Å². The van der Waals surface area contributed by atoms with Crippen LogP contribution in [0.2, 0.25) is 5.02 Å². The minimum atomic E-state index is -0.548. The Morgan fingerprint density at radius 2 is 1.85 bits per heavy atom. The van der Waals surface area contributed by atoms with Crippen molar-refractivity contribution in [3.05, 3.63) is 71.8 Å². The summed E-state index contributed by atoms with van der Waals surface area (Å²) < 4.78 is 14.8. The summed E-state index contributed by atoms with van der Waals surface area (Å²) in [6, 6.07) is 14.3. The van der Waals surface area contributed by atoms with Gasteiger partial charge in [-0.3, -0.25) is 0 Å². The molecule has 0 aliphatic carbocycles. The van der Waals surface area contributed by atoms with E-state index in [0.29, 0.717) is 22.7 Å². The van der Waals surface area contributed by atoms with E-state index in [1.54, 1.807) is 28.8 Å². The van der Waals surface area contributed by atoms with Gasteiger partial charge in [0.05, 0.1) is 10.7 Å². The summed E-state index contributed by atoms with van der Waals surface area (Å²) in [5.41, 5.74) is 3.12. The second kappa shape index (κ2) is 7.00. The van der Waals surface area contributed by atoms with Crippen LogP contribution < -0.4 is 10.6 Å². The van der Waals surface area contributed by atoms with E-state index in [4.69, 9.17) is 11.6 Å². The smallest absolute Gasteiger partial charge is 0.308 e. The van der Waals surface area contributed by atoms with Gasteiger partial charge in [0.2, 0.25) is 0 Å². The molecule has 4 aromatic rings. The Balaban J connectivity index is 1.51. The standard InChI is InChI=1S/C18H12ClFN6O/c19-14-9-13(4-5-15(14)20)23-18(27)22-12-3-1-2-11(8-12)16-6-7-17-24-21-10-26(17)25-16/h1-10H,(H2,22,23,27). The fourth-order valence-corrected chi connectivity index (χ4v) is 2.69. The van der Waals surface area contributed by atoms with Crippen LogP contribution in [0.4, 0.5) is 20.6 Å².